The third kappa shape index (κ3) is 18.1. The van der Waals surface area contributed by atoms with Crippen molar-refractivity contribution >= 4 is 71.7 Å². The van der Waals surface area contributed by atoms with Crippen molar-refractivity contribution in [1.82, 2.24) is 15.1 Å². The van der Waals surface area contributed by atoms with Gasteiger partial charge in [0.15, 0.2) is 0 Å². The molecule has 0 aliphatic carbocycles. The number of carbonyl (C=O) groups excluding carboxylic acids is 5. The smallest absolute Gasteiger partial charge is 0.407 e. The number of alkyl halides is 2. The van der Waals surface area contributed by atoms with Crippen molar-refractivity contribution in [3.63, 3.8) is 0 Å². The summed E-state index contributed by atoms with van der Waals surface area (Å²) >= 11 is 1.14. The van der Waals surface area contributed by atoms with E-state index in [2.05, 4.69) is 69.3 Å². The van der Waals surface area contributed by atoms with Crippen LogP contribution in [0.2, 0.25) is 0 Å². The van der Waals surface area contributed by atoms with Crippen LogP contribution in [0.15, 0.2) is 48.5 Å². The van der Waals surface area contributed by atoms with E-state index in [4.69, 9.17) is 28.5 Å². The maximum Gasteiger partial charge on any atom is 0.407 e. The van der Waals surface area contributed by atoms with Crippen molar-refractivity contribution in [3.05, 3.63) is 64.5 Å². The highest BCUT2D eigenvalue weighted by Gasteiger charge is 2.56. The Morgan fingerprint density at radius 1 is 0.924 bits per heavy atom. The number of hydrogen-bond acceptors (Lipinski definition) is 12. The summed E-state index contributed by atoms with van der Waals surface area (Å²) < 4.78 is 60.1. The zero-order valence-electron chi connectivity index (χ0n) is 40.8. The lowest BCUT2D eigenvalue weighted by atomic mass is 9.87. The van der Waals surface area contributed by atoms with E-state index in [0.29, 0.717) is 34.0 Å². The fourth-order valence-electron chi connectivity index (χ4n) is 6.30. The Hall–Kier alpha value is -4.77. The molecule has 3 amide bonds. The van der Waals surface area contributed by atoms with Crippen LogP contribution in [0.4, 0.5) is 14.5 Å². The molecule has 0 spiro atoms. The van der Waals surface area contributed by atoms with Gasteiger partial charge in [0.05, 0.1) is 16.9 Å². The normalized spacial score (nSPS) is 16.0. The molecule has 2 saturated heterocycles. The van der Waals surface area contributed by atoms with E-state index in [1.165, 1.54) is 30.4 Å². The van der Waals surface area contributed by atoms with Crippen molar-refractivity contribution in [2.45, 2.75) is 112 Å². The number of fused-ring (bicyclic) bond motifs is 2. The fraction of sp³-hybridized carbons (Fsp3) is 0.574. The highest BCUT2D eigenvalue weighted by molar-refractivity contribution is 7.54. The summed E-state index contributed by atoms with van der Waals surface area (Å²) in [7, 11) is 0.463. The topological polar surface area (TPSA) is 189 Å². The number of ether oxygens (including phenoxy) is 1. The average molecular weight is 969 g/mol. The minimum atomic E-state index is -5.13. The summed E-state index contributed by atoms with van der Waals surface area (Å²) in [5.74, 6) is -0.722. The number of hydrogen-bond donors (Lipinski definition) is 2. The zero-order chi connectivity index (χ0) is 50.8. The SMILES string of the molecule is C=O.CC(=O)N1CCC(=O)N2CCCC2CC1.CN(C)c1ccc(C(C)(C)C)cc1.CNC(=O)c1cc2cc(C(F)(F)P(=O)(OCOC(=O)C(C)(C)C)OCC(C)(C)C)ccc2s1.O=CO. The summed E-state index contributed by atoms with van der Waals surface area (Å²) in [6.07, 6.45) is 3.68. The van der Waals surface area contributed by atoms with E-state index in [1.807, 2.05) is 11.7 Å². The van der Waals surface area contributed by atoms with Gasteiger partial charge in [0.25, 0.3) is 12.4 Å². The second kappa shape index (κ2) is 26.0. The van der Waals surface area contributed by atoms with E-state index in [-0.39, 0.29) is 36.2 Å². The van der Waals surface area contributed by atoms with Gasteiger partial charge in [-0.15, -0.1) is 11.3 Å². The third-order valence-electron chi connectivity index (χ3n) is 10.1. The summed E-state index contributed by atoms with van der Waals surface area (Å²) in [4.78, 5) is 69.5. The Balaban J connectivity index is 0.000000540. The summed E-state index contributed by atoms with van der Waals surface area (Å²) in [6, 6.07) is 14.3. The predicted molar refractivity (Wildman–Crippen MR) is 255 cm³/mol. The molecule has 15 nitrogen and oxygen atoms in total. The van der Waals surface area contributed by atoms with Crippen molar-refractivity contribution in [2.75, 3.05) is 59.1 Å². The van der Waals surface area contributed by atoms with Gasteiger partial charge in [-0.05, 0) is 92.1 Å². The molecule has 1 aromatic heterocycles. The van der Waals surface area contributed by atoms with Gasteiger partial charge in [-0.2, -0.15) is 8.78 Å². The molecule has 5 rings (SSSR count). The molecule has 370 valence electrons. The van der Waals surface area contributed by atoms with E-state index in [9.17, 15) is 23.7 Å². The minimum Gasteiger partial charge on any atom is -0.483 e. The summed E-state index contributed by atoms with van der Waals surface area (Å²) in [6.45, 7) is 21.1. The van der Waals surface area contributed by atoms with Gasteiger partial charge >= 0.3 is 19.2 Å². The second-order valence-electron chi connectivity index (χ2n) is 19.0. The number of amides is 3. The van der Waals surface area contributed by atoms with E-state index in [0.717, 1.165) is 55.8 Å². The molecule has 2 aromatic carbocycles. The lowest BCUT2D eigenvalue weighted by Crippen LogP contribution is -2.44. The first-order valence-corrected chi connectivity index (χ1v) is 23.8. The molecule has 2 aliphatic rings. The zero-order valence-corrected chi connectivity index (χ0v) is 42.5. The molecule has 3 heterocycles. The first-order chi connectivity index (χ1) is 30.5. The molecule has 2 N–H and O–H groups in total. The number of esters is 1. The van der Waals surface area contributed by atoms with Crippen LogP contribution < -0.4 is 10.2 Å². The maximum absolute atomic E-state index is 15.6. The van der Waals surface area contributed by atoms with Crippen LogP contribution in [0, 0.1) is 10.8 Å². The van der Waals surface area contributed by atoms with Crippen molar-refractivity contribution < 1.29 is 61.0 Å². The standard InChI is InChI=1S/C22H30F2NO6PS.C12H19N.C11H18N2O2.CH2O2.CH2O/c1-20(2,3)12-30-32(28,31-13-29-19(27)21(4,5)6)22(23,24)15-8-9-16-14(10-15)11-17(33-16)18(26)25-7;1-12(2,3)10-6-8-11(9-7-10)13(4)5;1-9(14)12-7-4-10-3-2-6-13(10)11(15)5-8-12;2-1-3;1-2/h8-11H,12-13H2,1-7H3,(H,25,26);6-9H,1-5H3;10H,2-8H2,1H3;1H,(H,2,3);1H2. The van der Waals surface area contributed by atoms with Crippen LogP contribution in [0.5, 0.6) is 0 Å². The van der Waals surface area contributed by atoms with Crippen LogP contribution in [0.3, 0.4) is 0 Å². The molecule has 2 aliphatic heterocycles. The van der Waals surface area contributed by atoms with Crippen LogP contribution in [0.1, 0.15) is 116 Å². The van der Waals surface area contributed by atoms with Crippen LogP contribution in [0.25, 0.3) is 10.1 Å². The number of carboxylic acid groups (broad SMARTS) is 1. The summed E-state index contributed by atoms with van der Waals surface area (Å²) in [5.41, 5.74) is -3.23. The van der Waals surface area contributed by atoms with Gasteiger partial charge < -0.3 is 39.2 Å². The van der Waals surface area contributed by atoms with Gasteiger partial charge in [-0.3, -0.25) is 33.1 Å². The number of thiophene rings is 1. The molecule has 2 atom stereocenters. The highest BCUT2D eigenvalue weighted by Crippen LogP contribution is 2.67. The maximum atomic E-state index is 15.6. The molecule has 0 saturated carbocycles. The molecule has 3 aromatic rings. The van der Waals surface area contributed by atoms with Crippen LogP contribution >= 0.6 is 18.9 Å². The van der Waals surface area contributed by atoms with E-state index >= 15 is 8.78 Å². The summed E-state index contributed by atoms with van der Waals surface area (Å²) in [5, 5.41) is 9.76. The Morgan fingerprint density at radius 2 is 1.50 bits per heavy atom. The van der Waals surface area contributed by atoms with Gasteiger partial charge in [0, 0.05) is 76.1 Å². The Kier molecular flexibility index (Phi) is 23.3. The van der Waals surface area contributed by atoms with Crippen molar-refractivity contribution in [3.8, 4) is 0 Å². The fourth-order valence-corrected chi connectivity index (χ4v) is 8.89. The average Bonchev–Trinajstić information content (AvgIpc) is 3.89. The van der Waals surface area contributed by atoms with E-state index < -0.39 is 42.4 Å². The third-order valence-corrected chi connectivity index (χ3v) is 13.0. The molecule has 66 heavy (non-hydrogen) atoms. The van der Waals surface area contributed by atoms with Crippen LogP contribution in [-0.4, -0.2) is 112 Å². The highest BCUT2D eigenvalue weighted by atomic mass is 32.1. The van der Waals surface area contributed by atoms with Crippen molar-refractivity contribution in [1.29, 1.82) is 0 Å². The number of nitrogens with zero attached hydrogens (tertiary/aromatic N) is 3. The number of nitrogens with one attached hydrogen (secondary N) is 1. The Labute approximate surface area is 393 Å². The van der Waals surface area contributed by atoms with Crippen molar-refractivity contribution in [2.24, 2.45) is 10.8 Å². The molecule has 2 unspecified atom stereocenters. The van der Waals surface area contributed by atoms with E-state index in [1.54, 1.807) is 53.4 Å². The molecule has 19 heteroatoms. The lowest BCUT2D eigenvalue weighted by molar-refractivity contribution is -0.161. The number of carbonyl (C=O) groups is 6. The largest absolute Gasteiger partial charge is 0.483 e. The van der Waals surface area contributed by atoms with Gasteiger partial charge in [0.2, 0.25) is 18.6 Å². The Morgan fingerprint density at radius 3 is 2.00 bits per heavy atom. The second-order valence-corrected chi connectivity index (χ2v) is 22.1. The van der Waals surface area contributed by atoms with Crippen LogP contribution in [-0.2, 0) is 53.4 Å². The molecule has 2 fully saturated rings. The first kappa shape index (κ1) is 59.2. The quantitative estimate of drug-likeness (QED) is 0.0896. The number of rotatable bonds is 9. The number of anilines is 1. The van der Waals surface area contributed by atoms with Gasteiger partial charge in [0.1, 0.15) is 6.79 Å². The number of halogens is 2. The van der Waals surface area contributed by atoms with Gasteiger partial charge in [-0.1, -0.05) is 59.7 Å². The Bertz CT molecular complexity index is 2100. The number of benzene rings is 2. The molecular weight excluding hydrogens is 898 g/mol. The molecular formula is C47H71F2N4O11PS. The molecule has 0 radical (unpaired) electrons. The van der Waals surface area contributed by atoms with Gasteiger partial charge in [-0.25, -0.2) is 0 Å². The predicted octanol–water partition coefficient (Wildman–Crippen LogP) is 9.32. The minimum absolute atomic E-state index is 0.0919. The first-order valence-electron chi connectivity index (χ1n) is 21.4. The lowest BCUT2D eigenvalue weighted by Gasteiger charge is -2.31. The molecule has 0 bridgehead atoms. The monoisotopic (exact) mass is 968 g/mol.